The van der Waals surface area contributed by atoms with Gasteiger partial charge >= 0.3 is 0 Å². The van der Waals surface area contributed by atoms with Gasteiger partial charge in [0.1, 0.15) is 11.5 Å². The molecule has 2 aromatic heterocycles. The van der Waals surface area contributed by atoms with Crippen molar-refractivity contribution >= 4 is 29.0 Å². The second-order valence-corrected chi connectivity index (χ2v) is 3.92. The summed E-state index contributed by atoms with van der Waals surface area (Å²) in [6, 6.07) is 9.37. The van der Waals surface area contributed by atoms with Gasteiger partial charge in [0.05, 0.1) is 11.0 Å². The molecular formula is C14H11N5. The zero-order valence-electron chi connectivity index (χ0n) is 10.1. The zero-order chi connectivity index (χ0) is 13.1. The summed E-state index contributed by atoms with van der Waals surface area (Å²) in [5.41, 5.74) is 8.10. The average molecular weight is 249 g/mol. The Bertz CT molecular complexity index is 737. The molecule has 0 saturated carbocycles. The molecule has 0 aliphatic rings. The first kappa shape index (κ1) is 11.3. The van der Waals surface area contributed by atoms with Crippen LogP contribution in [0.2, 0.25) is 0 Å². The summed E-state index contributed by atoms with van der Waals surface area (Å²) in [6.45, 7) is 0. The Hall–Kier alpha value is -2.82. The van der Waals surface area contributed by atoms with E-state index < -0.39 is 0 Å². The van der Waals surface area contributed by atoms with E-state index in [-0.39, 0.29) is 0 Å². The molecule has 5 nitrogen and oxygen atoms in total. The minimum absolute atomic E-state index is 0.394. The molecule has 0 amide bonds. The molecule has 0 bridgehead atoms. The highest BCUT2D eigenvalue weighted by Crippen LogP contribution is 2.15. The van der Waals surface area contributed by atoms with E-state index in [9.17, 15) is 0 Å². The molecule has 0 unspecified atom stereocenters. The third kappa shape index (κ3) is 2.40. The predicted octanol–water partition coefficient (Wildman–Crippen LogP) is 2.17. The van der Waals surface area contributed by atoms with Crippen LogP contribution < -0.4 is 5.73 Å². The van der Waals surface area contributed by atoms with Crippen LogP contribution in [0.25, 0.3) is 23.2 Å². The number of aromatic nitrogens is 4. The Morgan fingerprint density at radius 2 is 1.53 bits per heavy atom. The Kier molecular flexibility index (Phi) is 2.86. The Morgan fingerprint density at radius 1 is 0.842 bits per heavy atom. The number of benzene rings is 1. The summed E-state index contributed by atoms with van der Waals surface area (Å²) in [5, 5.41) is 0. The van der Waals surface area contributed by atoms with E-state index in [0.29, 0.717) is 17.3 Å². The lowest BCUT2D eigenvalue weighted by Gasteiger charge is -2.01. The van der Waals surface area contributed by atoms with Crippen LogP contribution in [0.4, 0.5) is 5.82 Å². The molecule has 0 aliphatic carbocycles. The fourth-order valence-electron chi connectivity index (χ4n) is 1.70. The fourth-order valence-corrected chi connectivity index (χ4v) is 1.70. The van der Waals surface area contributed by atoms with Crippen LogP contribution in [0.15, 0.2) is 42.7 Å². The van der Waals surface area contributed by atoms with Gasteiger partial charge in [0.2, 0.25) is 0 Å². The highest BCUT2D eigenvalue weighted by Gasteiger charge is 2.02. The van der Waals surface area contributed by atoms with Crippen molar-refractivity contribution in [3.8, 4) is 0 Å². The topological polar surface area (TPSA) is 77.6 Å². The van der Waals surface area contributed by atoms with Gasteiger partial charge in [-0.2, -0.15) is 0 Å². The fraction of sp³-hybridized carbons (Fsp3) is 0. The molecule has 3 aromatic rings. The summed E-state index contributed by atoms with van der Waals surface area (Å²) in [5.74, 6) is 1.00. The van der Waals surface area contributed by atoms with Crippen molar-refractivity contribution in [1.29, 1.82) is 0 Å². The van der Waals surface area contributed by atoms with Crippen LogP contribution in [-0.2, 0) is 0 Å². The van der Waals surface area contributed by atoms with Crippen molar-refractivity contribution in [2.75, 3.05) is 5.73 Å². The first-order valence-electron chi connectivity index (χ1n) is 5.80. The van der Waals surface area contributed by atoms with Gasteiger partial charge in [-0.25, -0.2) is 19.9 Å². The maximum Gasteiger partial charge on any atom is 0.151 e. The van der Waals surface area contributed by atoms with E-state index in [1.165, 1.54) is 0 Å². The lowest BCUT2D eigenvalue weighted by molar-refractivity contribution is 1.14. The number of hydrogen-bond acceptors (Lipinski definition) is 5. The molecule has 0 atom stereocenters. The summed E-state index contributed by atoms with van der Waals surface area (Å²) in [4.78, 5) is 17.0. The van der Waals surface area contributed by atoms with Gasteiger partial charge in [0, 0.05) is 12.4 Å². The third-order valence-electron chi connectivity index (χ3n) is 2.60. The van der Waals surface area contributed by atoms with Crippen LogP contribution >= 0.6 is 0 Å². The number of hydrogen-bond donors (Lipinski definition) is 1. The van der Waals surface area contributed by atoms with Crippen molar-refractivity contribution in [2.45, 2.75) is 0 Å². The zero-order valence-corrected chi connectivity index (χ0v) is 10.1. The van der Waals surface area contributed by atoms with Crippen molar-refractivity contribution in [2.24, 2.45) is 0 Å². The normalized spacial score (nSPS) is 11.2. The second-order valence-electron chi connectivity index (χ2n) is 3.92. The second kappa shape index (κ2) is 4.81. The first-order valence-corrected chi connectivity index (χ1v) is 5.80. The third-order valence-corrected chi connectivity index (χ3v) is 2.60. The summed E-state index contributed by atoms with van der Waals surface area (Å²) < 4.78 is 0. The summed E-state index contributed by atoms with van der Waals surface area (Å²) >= 11 is 0. The number of rotatable bonds is 2. The Labute approximate surface area is 109 Å². The maximum atomic E-state index is 5.89. The molecule has 2 N–H and O–H groups in total. The van der Waals surface area contributed by atoms with Crippen molar-refractivity contribution in [3.63, 3.8) is 0 Å². The molecule has 0 saturated heterocycles. The number of para-hydroxylation sites is 2. The number of anilines is 1. The van der Waals surface area contributed by atoms with E-state index in [1.807, 2.05) is 24.3 Å². The van der Waals surface area contributed by atoms with Gasteiger partial charge in [0.15, 0.2) is 5.82 Å². The van der Waals surface area contributed by atoms with Crippen LogP contribution in [0.3, 0.4) is 0 Å². The Morgan fingerprint density at radius 3 is 2.26 bits per heavy atom. The van der Waals surface area contributed by atoms with Gasteiger partial charge in [0.25, 0.3) is 0 Å². The predicted molar refractivity (Wildman–Crippen MR) is 74.9 cm³/mol. The van der Waals surface area contributed by atoms with Crippen molar-refractivity contribution in [3.05, 3.63) is 54.2 Å². The molecule has 5 heteroatoms. The Balaban J connectivity index is 2.01. The van der Waals surface area contributed by atoms with E-state index in [4.69, 9.17) is 5.73 Å². The standard InChI is InChI=1S/C14H11N5/c15-14-12(6-7-13-16-8-3-9-17-13)18-10-4-1-2-5-11(10)19-14/h1-9H,(H2,15,19). The smallest absolute Gasteiger partial charge is 0.151 e. The number of nitrogens with two attached hydrogens (primary N) is 1. The highest BCUT2D eigenvalue weighted by molar-refractivity contribution is 5.80. The largest absolute Gasteiger partial charge is 0.382 e. The molecule has 0 fully saturated rings. The molecule has 92 valence electrons. The number of nitrogens with zero attached hydrogens (tertiary/aromatic N) is 4. The highest BCUT2D eigenvalue weighted by atomic mass is 14.9. The molecule has 3 rings (SSSR count). The number of nitrogen functional groups attached to an aromatic ring is 1. The number of fused-ring (bicyclic) bond motifs is 1. The average Bonchev–Trinajstić information content (AvgIpc) is 2.46. The quantitative estimate of drug-likeness (QED) is 0.753. The van der Waals surface area contributed by atoms with E-state index in [2.05, 4.69) is 19.9 Å². The van der Waals surface area contributed by atoms with Gasteiger partial charge in [-0.05, 0) is 30.4 Å². The summed E-state index contributed by atoms with van der Waals surface area (Å²) in [7, 11) is 0. The molecule has 1 aromatic carbocycles. The van der Waals surface area contributed by atoms with Crippen molar-refractivity contribution in [1.82, 2.24) is 19.9 Å². The molecular weight excluding hydrogens is 238 g/mol. The summed E-state index contributed by atoms with van der Waals surface area (Å²) in [6.07, 6.45) is 6.89. The van der Waals surface area contributed by atoms with Crippen LogP contribution in [0, 0.1) is 0 Å². The van der Waals surface area contributed by atoms with Gasteiger partial charge < -0.3 is 5.73 Å². The monoisotopic (exact) mass is 249 g/mol. The molecule has 19 heavy (non-hydrogen) atoms. The molecule has 0 spiro atoms. The van der Waals surface area contributed by atoms with E-state index >= 15 is 0 Å². The van der Waals surface area contributed by atoms with Crippen LogP contribution in [0.1, 0.15) is 11.5 Å². The van der Waals surface area contributed by atoms with Gasteiger partial charge in [-0.1, -0.05) is 12.1 Å². The lowest BCUT2D eigenvalue weighted by Crippen LogP contribution is -1.98. The minimum atomic E-state index is 0.394. The molecule has 2 heterocycles. The SMILES string of the molecule is Nc1nc2ccccc2nc1C=Cc1ncccn1. The minimum Gasteiger partial charge on any atom is -0.382 e. The molecule has 0 aliphatic heterocycles. The maximum absolute atomic E-state index is 5.89. The van der Waals surface area contributed by atoms with Crippen LogP contribution in [0.5, 0.6) is 0 Å². The van der Waals surface area contributed by atoms with E-state index in [1.54, 1.807) is 30.6 Å². The van der Waals surface area contributed by atoms with Gasteiger partial charge in [-0.3, -0.25) is 0 Å². The van der Waals surface area contributed by atoms with Crippen LogP contribution in [-0.4, -0.2) is 19.9 Å². The first-order chi connectivity index (χ1) is 9.33. The van der Waals surface area contributed by atoms with Gasteiger partial charge in [-0.15, -0.1) is 0 Å². The molecule has 0 radical (unpaired) electrons. The lowest BCUT2D eigenvalue weighted by atomic mass is 10.2. The van der Waals surface area contributed by atoms with E-state index in [0.717, 1.165) is 11.0 Å². The van der Waals surface area contributed by atoms with Crippen molar-refractivity contribution < 1.29 is 0 Å².